The van der Waals surface area contributed by atoms with Gasteiger partial charge in [0, 0.05) is 30.3 Å². The van der Waals surface area contributed by atoms with Gasteiger partial charge in [-0.15, -0.1) is 0 Å². The molecule has 2 aromatic rings. The molecule has 3 heteroatoms. The van der Waals surface area contributed by atoms with Gasteiger partial charge in [-0.3, -0.25) is 0 Å². The molecule has 0 fully saturated rings. The van der Waals surface area contributed by atoms with Crippen LogP contribution in [0.5, 0.6) is 0 Å². The summed E-state index contributed by atoms with van der Waals surface area (Å²) in [5, 5.41) is 0. The lowest BCUT2D eigenvalue weighted by molar-refractivity contribution is 0.512. The second kappa shape index (κ2) is 3.48. The zero-order valence-electron chi connectivity index (χ0n) is 9.98. The largest absolute Gasteiger partial charge is 0.422 e. The third-order valence-corrected chi connectivity index (χ3v) is 3.83. The summed E-state index contributed by atoms with van der Waals surface area (Å²) >= 11 is 0. The minimum atomic E-state index is -0.268. The lowest BCUT2D eigenvalue weighted by atomic mass is 9.91. The van der Waals surface area contributed by atoms with Gasteiger partial charge in [0.2, 0.25) is 0 Å². The van der Waals surface area contributed by atoms with Gasteiger partial charge in [-0.25, -0.2) is 4.79 Å². The Kier molecular flexibility index (Phi) is 1.92. The van der Waals surface area contributed by atoms with E-state index in [0.29, 0.717) is 0 Å². The van der Waals surface area contributed by atoms with Crippen molar-refractivity contribution in [2.45, 2.75) is 19.4 Å². The van der Waals surface area contributed by atoms with E-state index in [-0.39, 0.29) is 5.63 Å². The molecule has 90 valence electrons. The smallest absolute Gasteiger partial charge is 0.336 e. The maximum absolute atomic E-state index is 11.4. The number of hydrogen-bond donors (Lipinski definition) is 0. The fraction of sp³-hybridized carbons (Fsp3) is 0.267. The Labute approximate surface area is 105 Å². The van der Waals surface area contributed by atoms with Crippen LogP contribution in [-0.4, -0.2) is 6.54 Å². The predicted molar refractivity (Wildman–Crippen MR) is 69.8 cm³/mol. The molecule has 0 amide bonds. The average Bonchev–Trinajstić information content (AvgIpc) is 2.40. The van der Waals surface area contributed by atoms with Crippen LogP contribution in [0.4, 0.5) is 5.69 Å². The highest BCUT2D eigenvalue weighted by atomic mass is 16.4. The number of rotatable bonds is 0. The molecule has 1 aromatic carbocycles. The van der Waals surface area contributed by atoms with E-state index in [2.05, 4.69) is 23.1 Å². The van der Waals surface area contributed by atoms with Crippen LogP contribution in [0.3, 0.4) is 0 Å². The molecule has 3 heterocycles. The molecule has 2 aliphatic rings. The first-order chi connectivity index (χ1) is 8.83. The Balaban J connectivity index is 2.06. The van der Waals surface area contributed by atoms with Crippen molar-refractivity contribution < 1.29 is 4.42 Å². The summed E-state index contributed by atoms with van der Waals surface area (Å²) in [5.74, 6) is 0.762. The zero-order valence-corrected chi connectivity index (χ0v) is 9.98. The monoisotopic (exact) mass is 239 g/mol. The molecule has 3 nitrogen and oxygen atoms in total. The minimum Gasteiger partial charge on any atom is -0.422 e. The number of benzene rings is 1. The Morgan fingerprint density at radius 2 is 2.06 bits per heavy atom. The average molecular weight is 239 g/mol. The molecular weight excluding hydrogens is 226 g/mol. The lowest BCUT2D eigenvalue weighted by Crippen LogP contribution is -2.32. The number of hydrogen-bond acceptors (Lipinski definition) is 3. The van der Waals surface area contributed by atoms with Gasteiger partial charge in [0.25, 0.3) is 0 Å². The van der Waals surface area contributed by atoms with Gasteiger partial charge in [0.1, 0.15) is 5.76 Å². The highest BCUT2D eigenvalue weighted by molar-refractivity contribution is 5.83. The van der Waals surface area contributed by atoms with Crippen molar-refractivity contribution in [2.24, 2.45) is 0 Å². The topological polar surface area (TPSA) is 33.5 Å². The SMILES string of the molecule is O=c1ccc2c(o1)-c1cccc3c1N(CCC3)C2. The molecule has 0 radical (unpaired) electrons. The molecule has 0 aliphatic carbocycles. The molecule has 1 aromatic heterocycles. The van der Waals surface area contributed by atoms with Crippen LogP contribution < -0.4 is 10.5 Å². The number of aryl methyl sites for hydroxylation is 1. The summed E-state index contributed by atoms with van der Waals surface area (Å²) in [7, 11) is 0. The van der Waals surface area contributed by atoms with Crippen molar-refractivity contribution in [2.75, 3.05) is 11.4 Å². The highest BCUT2D eigenvalue weighted by Crippen LogP contribution is 2.42. The quantitative estimate of drug-likeness (QED) is 0.708. The van der Waals surface area contributed by atoms with Crippen LogP contribution in [0.2, 0.25) is 0 Å². The Morgan fingerprint density at radius 1 is 1.11 bits per heavy atom. The number of fused-ring (bicyclic) bond motifs is 2. The Morgan fingerprint density at radius 3 is 3.00 bits per heavy atom. The van der Waals surface area contributed by atoms with E-state index in [0.717, 1.165) is 36.4 Å². The molecule has 0 saturated heterocycles. The number of nitrogens with zero attached hydrogens (tertiary/aromatic N) is 1. The standard InChI is InChI=1S/C15H13NO2/c17-13-7-6-11-9-16-8-2-4-10-3-1-5-12(14(10)16)15(11)18-13/h1,3,5-7H,2,4,8-9H2. The molecule has 4 rings (SSSR count). The third kappa shape index (κ3) is 1.27. The van der Waals surface area contributed by atoms with Crippen molar-refractivity contribution >= 4 is 5.69 Å². The fourth-order valence-corrected chi connectivity index (χ4v) is 3.08. The van der Waals surface area contributed by atoms with Crippen LogP contribution in [0.15, 0.2) is 39.5 Å². The van der Waals surface area contributed by atoms with E-state index in [4.69, 9.17) is 4.42 Å². The molecule has 0 unspecified atom stereocenters. The van der Waals surface area contributed by atoms with Crippen molar-refractivity contribution in [3.8, 4) is 11.3 Å². The molecule has 0 N–H and O–H groups in total. The molecular formula is C15H13NO2. The van der Waals surface area contributed by atoms with Gasteiger partial charge >= 0.3 is 5.63 Å². The van der Waals surface area contributed by atoms with Gasteiger partial charge in [-0.1, -0.05) is 12.1 Å². The fourth-order valence-electron chi connectivity index (χ4n) is 3.08. The van der Waals surface area contributed by atoms with E-state index in [1.165, 1.54) is 23.7 Å². The summed E-state index contributed by atoms with van der Waals surface area (Å²) in [6.45, 7) is 1.94. The van der Waals surface area contributed by atoms with Crippen molar-refractivity contribution in [3.05, 3.63) is 51.9 Å². The summed E-state index contributed by atoms with van der Waals surface area (Å²) in [6.07, 6.45) is 2.31. The molecule has 0 spiro atoms. The first-order valence-corrected chi connectivity index (χ1v) is 6.33. The van der Waals surface area contributed by atoms with E-state index in [1.807, 2.05) is 6.07 Å². The van der Waals surface area contributed by atoms with E-state index >= 15 is 0 Å². The molecule has 0 atom stereocenters. The van der Waals surface area contributed by atoms with Crippen molar-refractivity contribution in [1.29, 1.82) is 0 Å². The summed E-state index contributed by atoms with van der Waals surface area (Å²) in [6, 6.07) is 9.69. The first kappa shape index (κ1) is 9.95. The Bertz CT molecular complexity index is 687. The maximum Gasteiger partial charge on any atom is 0.336 e. The predicted octanol–water partition coefficient (Wildman–Crippen LogP) is 2.57. The van der Waals surface area contributed by atoms with E-state index in [9.17, 15) is 4.79 Å². The summed E-state index contributed by atoms with van der Waals surface area (Å²) in [5.41, 5.74) is 4.56. The van der Waals surface area contributed by atoms with Crippen LogP contribution >= 0.6 is 0 Å². The second-order valence-corrected chi connectivity index (χ2v) is 4.95. The van der Waals surface area contributed by atoms with E-state index < -0.39 is 0 Å². The van der Waals surface area contributed by atoms with Crippen LogP contribution in [0, 0.1) is 0 Å². The highest BCUT2D eigenvalue weighted by Gasteiger charge is 2.28. The first-order valence-electron chi connectivity index (χ1n) is 6.33. The maximum atomic E-state index is 11.4. The third-order valence-electron chi connectivity index (χ3n) is 3.83. The Hall–Kier alpha value is -2.03. The van der Waals surface area contributed by atoms with Crippen LogP contribution in [0.1, 0.15) is 17.5 Å². The number of anilines is 1. The number of para-hydroxylation sites is 1. The summed E-state index contributed by atoms with van der Waals surface area (Å²) in [4.78, 5) is 13.8. The molecule has 0 bridgehead atoms. The van der Waals surface area contributed by atoms with Gasteiger partial charge in [0.15, 0.2) is 0 Å². The lowest BCUT2D eigenvalue weighted by Gasteiger charge is -2.36. The minimum absolute atomic E-state index is 0.268. The zero-order chi connectivity index (χ0) is 12.1. The van der Waals surface area contributed by atoms with Gasteiger partial charge in [0.05, 0.1) is 5.69 Å². The normalized spacial score (nSPS) is 16.1. The van der Waals surface area contributed by atoms with Gasteiger partial charge < -0.3 is 9.32 Å². The second-order valence-electron chi connectivity index (χ2n) is 4.95. The van der Waals surface area contributed by atoms with Gasteiger partial charge in [-0.05, 0) is 30.5 Å². The molecule has 18 heavy (non-hydrogen) atoms. The van der Waals surface area contributed by atoms with Crippen molar-refractivity contribution in [3.63, 3.8) is 0 Å². The summed E-state index contributed by atoms with van der Waals surface area (Å²) < 4.78 is 5.42. The van der Waals surface area contributed by atoms with Gasteiger partial charge in [-0.2, -0.15) is 0 Å². The molecule has 2 aliphatic heterocycles. The van der Waals surface area contributed by atoms with Crippen LogP contribution in [-0.2, 0) is 13.0 Å². The molecule has 0 saturated carbocycles. The van der Waals surface area contributed by atoms with Crippen LogP contribution in [0.25, 0.3) is 11.3 Å². The van der Waals surface area contributed by atoms with E-state index in [1.54, 1.807) is 0 Å². The van der Waals surface area contributed by atoms with Crippen molar-refractivity contribution in [1.82, 2.24) is 0 Å².